The smallest absolute Gasteiger partial charge is 0.334 e. The zero-order valence-corrected chi connectivity index (χ0v) is 17.9. The predicted molar refractivity (Wildman–Crippen MR) is 113 cm³/mol. The Kier molecular flexibility index (Phi) is 5.26. The molecule has 3 aliphatic rings. The van der Waals surface area contributed by atoms with E-state index in [2.05, 4.69) is 15.5 Å². The third-order valence-corrected chi connectivity index (χ3v) is 7.46. The van der Waals surface area contributed by atoms with Crippen LogP contribution in [0.25, 0.3) is 0 Å². The van der Waals surface area contributed by atoms with Gasteiger partial charge >= 0.3 is 11.2 Å². The van der Waals surface area contributed by atoms with E-state index in [0.717, 1.165) is 37.8 Å². The lowest BCUT2D eigenvalue weighted by atomic mass is 9.71. The first-order valence-electron chi connectivity index (χ1n) is 11.3. The van der Waals surface area contributed by atoms with Crippen LogP contribution in [0.4, 0.5) is 5.69 Å². The summed E-state index contributed by atoms with van der Waals surface area (Å²) in [5.41, 5.74) is -0.254. The molecule has 2 fully saturated rings. The number of rotatable bonds is 5. The Bertz CT molecular complexity index is 1070. The quantitative estimate of drug-likeness (QED) is 0.510. The average Bonchev–Trinajstić information content (AvgIpc) is 3.27. The van der Waals surface area contributed by atoms with Crippen LogP contribution in [-0.2, 0) is 17.9 Å². The molecule has 1 saturated carbocycles. The highest BCUT2D eigenvalue weighted by atomic mass is 16.6. The van der Waals surface area contributed by atoms with Gasteiger partial charge in [-0.2, -0.15) is 0 Å². The van der Waals surface area contributed by atoms with Crippen molar-refractivity contribution in [1.29, 1.82) is 0 Å². The molecule has 0 aromatic carbocycles. The first-order valence-corrected chi connectivity index (χ1v) is 11.3. The average molecular weight is 441 g/mol. The normalized spacial score (nSPS) is 24.1. The molecule has 32 heavy (non-hydrogen) atoms. The molecule has 0 N–H and O–H groups in total. The van der Waals surface area contributed by atoms with Gasteiger partial charge in [0.25, 0.3) is 0 Å². The van der Waals surface area contributed by atoms with Crippen LogP contribution in [0.5, 0.6) is 0 Å². The predicted octanol–water partition coefficient (Wildman–Crippen LogP) is 1.73. The van der Waals surface area contributed by atoms with Crippen molar-refractivity contribution in [2.75, 3.05) is 13.1 Å². The van der Waals surface area contributed by atoms with Gasteiger partial charge in [-0.3, -0.25) is 19.7 Å². The SMILES string of the molecule is O=C(CC1(Cn2cnnn2)CCCCC1)N1C[C@H]2C[C@@H](C1)c1ccc([N+](=O)[O-])c(=O)n1C2. The number of likely N-dealkylation sites (tertiary alicyclic amines) is 1. The van der Waals surface area contributed by atoms with Crippen LogP contribution >= 0.6 is 0 Å². The third-order valence-electron chi connectivity index (χ3n) is 7.46. The summed E-state index contributed by atoms with van der Waals surface area (Å²) in [5.74, 6) is 0.306. The minimum absolute atomic E-state index is 0.0294. The minimum atomic E-state index is -0.621. The van der Waals surface area contributed by atoms with E-state index in [-0.39, 0.29) is 28.8 Å². The van der Waals surface area contributed by atoms with Crippen LogP contribution in [0.3, 0.4) is 0 Å². The Labute approximate surface area is 184 Å². The summed E-state index contributed by atoms with van der Waals surface area (Å²) in [6, 6.07) is 2.99. The van der Waals surface area contributed by atoms with Crippen LogP contribution < -0.4 is 5.56 Å². The molecule has 2 atom stereocenters. The first-order chi connectivity index (χ1) is 15.4. The monoisotopic (exact) mass is 441 g/mol. The summed E-state index contributed by atoms with van der Waals surface area (Å²) in [4.78, 5) is 38.5. The van der Waals surface area contributed by atoms with Crippen molar-refractivity contribution in [3.05, 3.63) is 44.6 Å². The fourth-order valence-corrected chi connectivity index (χ4v) is 6.00. The maximum atomic E-state index is 13.5. The fraction of sp³-hybridized carbons (Fsp3) is 0.667. The van der Waals surface area contributed by atoms with E-state index >= 15 is 0 Å². The molecule has 0 spiro atoms. The molecule has 1 saturated heterocycles. The highest BCUT2D eigenvalue weighted by Crippen LogP contribution is 2.42. The second-order valence-electron chi connectivity index (χ2n) is 9.66. The molecule has 4 heterocycles. The Morgan fingerprint density at radius 1 is 1.19 bits per heavy atom. The highest BCUT2D eigenvalue weighted by molar-refractivity contribution is 5.77. The van der Waals surface area contributed by atoms with Gasteiger partial charge in [-0.15, -0.1) is 5.10 Å². The van der Waals surface area contributed by atoms with Crippen LogP contribution in [0.15, 0.2) is 23.3 Å². The Morgan fingerprint density at radius 2 is 2.00 bits per heavy atom. The fourth-order valence-electron chi connectivity index (χ4n) is 6.00. The first kappa shape index (κ1) is 20.8. The van der Waals surface area contributed by atoms with Crippen molar-refractivity contribution in [3.63, 3.8) is 0 Å². The Morgan fingerprint density at radius 3 is 2.72 bits per heavy atom. The lowest BCUT2D eigenvalue weighted by Gasteiger charge is -2.44. The lowest BCUT2D eigenvalue weighted by molar-refractivity contribution is -0.386. The Hall–Kier alpha value is -3.11. The van der Waals surface area contributed by atoms with Crippen molar-refractivity contribution in [2.24, 2.45) is 11.3 Å². The number of nitrogens with zero attached hydrogens (tertiary/aromatic N) is 7. The molecule has 170 valence electrons. The molecule has 5 rings (SSSR count). The van der Waals surface area contributed by atoms with Gasteiger partial charge in [0.15, 0.2) is 0 Å². The second kappa shape index (κ2) is 8.10. The third kappa shape index (κ3) is 3.80. The molecule has 2 bridgehead atoms. The molecule has 2 aromatic rings. The van der Waals surface area contributed by atoms with Crippen molar-refractivity contribution < 1.29 is 9.72 Å². The van der Waals surface area contributed by atoms with Crippen molar-refractivity contribution in [2.45, 2.75) is 64.0 Å². The molecule has 1 amide bonds. The summed E-state index contributed by atoms with van der Waals surface area (Å²) in [7, 11) is 0. The van der Waals surface area contributed by atoms with E-state index in [9.17, 15) is 19.7 Å². The minimum Gasteiger partial charge on any atom is -0.342 e. The summed E-state index contributed by atoms with van der Waals surface area (Å²) in [5, 5.41) is 22.7. The van der Waals surface area contributed by atoms with E-state index < -0.39 is 10.5 Å². The highest BCUT2D eigenvalue weighted by Gasteiger charge is 2.41. The van der Waals surface area contributed by atoms with Gasteiger partial charge < -0.3 is 9.47 Å². The molecule has 2 aromatic heterocycles. The number of amides is 1. The molecule has 11 nitrogen and oxygen atoms in total. The molecule has 11 heteroatoms. The molecule has 0 radical (unpaired) electrons. The van der Waals surface area contributed by atoms with Gasteiger partial charge in [-0.1, -0.05) is 19.3 Å². The van der Waals surface area contributed by atoms with Crippen LogP contribution in [0, 0.1) is 21.4 Å². The van der Waals surface area contributed by atoms with Gasteiger partial charge in [0.2, 0.25) is 5.91 Å². The number of carbonyl (C=O) groups excluding carboxylic acids is 1. The molecule has 1 aliphatic carbocycles. The molecule has 0 unspecified atom stereocenters. The summed E-state index contributed by atoms with van der Waals surface area (Å²) in [6.45, 7) is 2.21. The number of hydrogen-bond acceptors (Lipinski definition) is 7. The number of hydrogen-bond donors (Lipinski definition) is 0. The molecule has 2 aliphatic heterocycles. The zero-order chi connectivity index (χ0) is 22.3. The summed E-state index contributed by atoms with van der Waals surface area (Å²) in [6.07, 6.45) is 8.36. The number of tetrazole rings is 1. The maximum absolute atomic E-state index is 13.5. The number of pyridine rings is 1. The lowest BCUT2D eigenvalue weighted by Crippen LogP contribution is -2.50. The van der Waals surface area contributed by atoms with E-state index in [1.54, 1.807) is 21.6 Å². The zero-order valence-electron chi connectivity index (χ0n) is 17.9. The number of aromatic nitrogens is 5. The van der Waals surface area contributed by atoms with Gasteiger partial charge in [0.05, 0.1) is 11.5 Å². The number of nitro groups is 1. The number of fused-ring (bicyclic) bond motifs is 4. The van der Waals surface area contributed by atoms with Crippen molar-refractivity contribution in [1.82, 2.24) is 29.7 Å². The van der Waals surface area contributed by atoms with Gasteiger partial charge in [0.1, 0.15) is 6.33 Å². The number of carbonyl (C=O) groups is 1. The topological polar surface area (TPSA) is 129 Å². The van der Waals surface area contributed by atoms with Crippen molar-refractivity contribution >= 4 is 11.6 Å². The largest absolute Gasteiger partial charge is 0.342 e. The van der Waals surface area contributed by atoms with Gasteiger partial charge in [-0.05, 0) is 47.1 Å². The van der Waals surface area contributed by atoms with E-state index in [1.165, 1.54) is 12.5 Å². The standard InChI is InChI=1S/C21H27N7O4/c29-19(9-21(6-2-1-3-7-21)13-26-14-22-23-24-26)25-10-15-8-16(12-25)17-4-5-18(28(31)32)20(30)27(17)11-15/h4-5,14-16H,1-3,6-13H2/t15-,16+/m1/s1. The Balaban J connectivity index is 1.34. The molecular formula is C21H27N7O4. The van der Waals surface area contributed by atoms with Crippen LogP contribution in [0.2, 0.25) is 0 Å². The summed E-state index contributed by atoms with van der Waals surface area (Å²) < 4.78 is 3.29. The van der Waals surface area contributed by atoms with Crippen molar-refractivity contribution in [3.8, 4) is 0 Å². The van der Waals surface area contributed by atoms with Crippen LogP contribution in [-0.4, -0.2) is 53.6 Å². The number of piperidine rings is 1. The van der Waals surface area contributed by atoms with Gasteiger partial charge in [0, 0.05) is 43.7 Å². The van der Waals surface area contributed by atoms with E-state index in [0.29, 0.717) is 32.6 Å². The van der Waals surface area contributed by atoms with E-state index in [1.807, 2.05) is 4.90 Å². The van der Waals surface area contributed by atoms with Gasteiger partial charge in [-0.25, -0.2) is 4.68 Å². The molecular weight excluding hydrogens is 414 g/mol. The second-order valence-corrected chi connectivity index (χ2v) is 9.66. The van der Waals surface area contributed by atoms with E-state index in [4.69, 9.17) is 0 Å². The summed E-state index contributed by atoms with van der Waals surface area (Å²) >= 11 is 0. The van der Waals surface area contributed by atoms with Crippen LogP contribution in [0.1, 0.15) is 56.6 Å². The maximum Gasteiger partial charge on any atom is 0.334 e.